The first kappa shape index (κ1) is 12.9. The van der Waals surface area contributed by atoms with Gasteiger partial charge in [-0.25, -0.2) is 0 Å². The molecule has 0 saturated carbocycles. The highest BCUT2D eigenvalue weighted by atomic mass is 79.9. The van der Waals surface area contributed by atoms with Crippen molar-refractivity contribution >= 4 is 15.9 Å². The Kier molecular flexibility index (Phi) is 3.69. The maximum atomic E-state index is 10.2. The van der Waals surface area contributed by atoms with Gasteiger partial charge in [0.05, 0.1) is 12.1 Å². The molecule has 0 fully saturated rings. The van der Waals surface area contributed by atoms with Crippen molar-refractivity contribution in [3.8, 4) is 0 Å². The molecule has 0 saturated heterocycles. The van der Waals surface area contributed by atoms with Gasteiger partial charge in [0.2, 0.25) is 0 Å². The van der Waals surface area contributed by atoms with Crippen molar-refractivity contribution in [2.24, 2.45) is 0 Å². The maximum absolute atomic E-state index is 10.2. The average molecular weight is 318 g/mol. The molecule has 3 rings (SSSR count). The first-order valence-electron chi connectivity index (χ1n) is 6.48. The Balaban J connectivity index is 1.76. The summed E-state index contributed by atoms with van der Waals surface area (Å²) >= 11 is 3.55. The molecular formula is C16H16BrNO. The second-order valence-corrected chi connectivity index (χ2v) is 5.77. The van der Waals surface area contributed by atoms with Gasteiger partial charge in [-0.2, -0.15) is 0 Å². The Morgan fingerprint density at radius 2 is 1.84 bits per heavy atom. The van der Waals surface area contributed by atoms with E-state index in [2.05, 4.69) is 39.4 Å². The number of halogens is 1. The van der Waals surface area contributed by atoms with Gasteiger partial charge < -0.3 is 10.4 Å². The lowest BCUT2D eigenvalue weighted by Crippen LogP contribution is -2.28. The van der Waals surface area contributed by atoms with E-state index < -0.39 is 0 Å². The number of hydrogen-bond acceptors (Lipinski definition) is 2. The van der Waals surface area contributed by atoms with Crippen LogP contribution in [0.3, 0.4) is 0 Å². The van der Waals surface area contributed by atoms with Crippen LogP contribution >= 0.6 is 15.9 Å². The van der Waals surface area contributed by atoms with Crippen molar-refractivity contribution in [2.75, 3.05) is 0 Å². The van der Waals surface area contributed by atoms with Gasteiger partial charge in [0.15, 0.2) is 0 Å². The van der Waals surface area contributed by atoms with Gasteiger partial charge in [0, 0.05) is 17.4 Å². The van der Waals surface area contributed by atoms with E-state index in [1.54, 1.807) is 0 Å². The second kappa shape index (κ2) is 5.45. The number of nitrogens with one attached hydrogen (secondary N) is 1. The summed E-state index contributed by atoms with van der Waals surface area (Å²) in [5.41, 5.74) is 3.68. The summed E-state index contributed by atoms with van der Waals surface area (Å²) in [7, 11) is 0. The zero-order chi connectivity index (χ0) is 13.2. The lowest BCUT2D eigenvalue weighted by Gasteiger charge is -2.18. The van der Waals surface area contributed by atoms with Crippen molar-refractivity contribution in [3.63, 3.8) is 0 Å². The first-order chi connectivity index (χ1) is 9.25. The Bertz CT molecular complexity index is 584. The Hall–Kier alpha value is -1.16. The summed E-state index contributed by atoms with van der Waals surface area (Å²) in [5.74, 6) is 0. The van der Waals surface area contributed by atoms with Crippen LogP contribution in [0.15, 0.2) is 53.0 Å². The van der Waals surface area contributed by atoms with Crippen molar-refractivity contribution in [1.82, 2.24) is 5.32 Å². The van der Waals surface area contributed by atoms with Gasteiger partial charge >= 0.3 is 0 Å². The molecule has 19 heavy (non-hydrogen) atoms. The van der Waals surface area contributed by atoms with Crippen LogP contribution in [0.25, 0.3) is 0 Å². The monoisotopic (exact) mass is 317 g/mol. The summed E-state index contributed by atoms with van der Waals surface area (Å²) < 4.78 is 1.10. The summed E-state index contributed by atoms with van der Waals surface area (Å²) in [6, 6.07) is 16.4. The maximum Gasteiger partial charge on any atom is 0.0775 e. The molecule has 0 radical (unpaired) electrons. The smallest absolute Gasteiger partial charge is 0.0775 e. The van der Waals surface area contributed by atoms with Crippen LogP contribution in [-0.2, 0) is 13.0 Å². The minimum atomic E-state index is -0.333. The van der Waals surface area contributed by atoms with E-state index in [-0.39, 0.29) is 12.1 Å². The minimum absolute atomic E-state index is 0.0308. The Morgan fingerprint density at radius 3 is 2.68 bits per heavy atom. The highest BCUT2D eigenvalue weighted by molar-refractivity contribution is 9.10. The summed E-state index contributed by atoms with van der Waals surface area (Å²) in [5, 5.41) is 13.6. The molecule has 3 heteroatoms. The van der Waals surface area contributed by atoms with Crippen LogP contribution in [0, 0.1) is 0 Å². The second-order valence-electron chi connectivity index (χ2n) is 4.92. The van der Waals surface area contributed by atoms with E-state index in [1.807, 2.05) is 30.3 Å². The van der Waals surface area contributed by atoms with Gasteiger partial charge in [-0.3, -0.25) is 0 Å². The molecule has 0 aromatic heterocycles. The standard InChI is InChI=1S/C16H16BrNO/c17-14-8-4-2-6-12(14)10-18-16-13-7-3-1-5-11(13)9-15(16)19/h1-8,15-16,18-19H,9-10H2/t15-,16+/m0/s1. The van der Waals surface area contributed by atoms with Gasteiger partial charge in [0.1, 0.15) is 0 Å². The number of hydrogen-bond donors (Lipinski definition) is 2. The normalized spacial score (nSPS) is 21.4. The van der Waals surface area contributed by atoms with Crippen molar-refractivity contribution < 1.29 is 5.11 Å². The third kappa shape index (κ3) is 2.59. The molecule has 2 aromatic rings. The van der Waals surface area contributed by atoms with Crippen LogP contribution in [0.5, 0.6) is 0 Å². The molecule has 2 nitrogen and oxygen atoms in total. The zero-order valence-electron chi connectivity index (χ0n) is 10.5. The SMILES string of the molecule is O[C@H]1Cc2ccccc2[C@H]1NCc1ccccc1Br. The van der Waals surface area contributed by atoms with Crippen molar-refractivity contribution in [1.29, 1.82) is 0 Å². The number of aliphatic hydroxyl groups excluding tert-OH is 1. The van der Waals surface area contributed by atoms with Crippen LogP contribution in [0.2, 0.25) is 0 Å². The zero-order valence-corrected chi connectivity index (χ0v) is 12.1. The van der Waals surface area contributed by atoms with E-state index in [1.165, 1.54) is 16.7 Å². The third-order valence-electron chi connectivity index (χ3n) is 3.67. The lowest BCUT2D eigenvalue weighted by atomic mass is 10.1. The van der Waals surface area contributed by atoms with Crippen LogP contribution < -0.4 is 5.32 Å². The van der Waals surface area contributed by atoms with Gasteiger partial charge in [-0.05, 0) is 22.8 Å². The summed E-state index contributed by atoms with van der Waals surface area (Å²) in [6.45, 7) is 0.748. The van der Waals surface area contributed by atoms with Gasteiger partial charge in [0.25, 0.3) is 0 Å². The Morgan fingerprint density at radius 1 is 1.11 bits per heavy atom. The molecule has 1 aliphatic rings. The van der Waals surface area contributed by atoms with Gasteiger partial charge in [-0.15, -0.1) is 0 Å². The van der Waals surface area contributed by atoms with E-state index >= 15 is 0 Å². The number of rotatable bonds is 3. The highest BCUT2D eigenvalue weighted by Crippen LogP contribution is 2.31. The summed E-state index contributed by atoms with van der Waals surface area (Å²) in [4.78, 5) is 0. The predicted octanol–water partition coefficient (Wildman–Crippen LogP) is 3.20. The number of aliphatic hydroxyl groups is 1. The van der Waals surface area contributed by atoms with Gasteiger partial charge in [-0.1, -0.05) is 58.4 Å². The quantitative estimate of drug-likeness (QED) is 0.911. The molecule has 0 aliphatic heterocycles. The molecule has 0 unspecified atom stereocenters. The Labute approximate surface area is 121 Å². The minimum Gasteiger partial charge on any atom is -0.391 e. The molecule has 2 N–H and O–H groups in total. The van der Waals surface area contributed by atoms with E-state index in [9.17, 15) is 5.11 Å². The van der Waals surface area contributed by atoms with E-state index in [4.69, 9.17) is 0 Å². The fourth-order valence-electron chi connectivity index (χ4n) is 2.68. The molecule has 0 bridgehead atoms. The number of benzene rings is 2. The van der Waals surface area contributed by atoms with Crippen LogP contribution in [-0.4, -0.2) is 11.2 Å². The molecular weight excluding hydrogens is 302 g/mol. The molecule has 1 aliphatic carbocycles. The average Bonchev–Trinajstić information content (AvgIpc) is 2.74. The summed E-state index contributed by atoms with van der Waals surface area (Å²) in [6.07, 6.45) is 0.406. The molecule has 98 valence electrons. The molecule has 0 heterocycles. The molecule has 2 atom stereocenters. The van der Waals surface area contributed by atoms with E-state index in [0.717, 1.165) is 17.4 Å². The molecule has 2 aromatic carbocycles. The topological polar surface area (TPSA) is 32.3 Å². The first-order valence-corrected chi connectivity index (χ1v) is 7.27. The van der Waals surface area contributed by atoms with Crippen LogP contribution in [0.4, 0.5) is 0 Å². The fraction of sp³-hybridized carbons (Fsp3) is 0.250. The third-order valence-corrected chi connectivity index (χ3v) is 4.45. The van der Waals surface area contributed by atoms with Crippen molar-refractivity contribution in [3.05, 3.63) is 69.7 Å². The molecule has 0 spiro atoms. The lowest BCUT2D eigenvalue weighted by molar-refractivity contribution is 0.140. The van der Waals surface area contributed by atoms with Crippen molar-refractivity contribution in [2.45, 2.75) is 25.1 Å². The number of fused-ring (bicyclic) bond motifs is 1. The van der Waals surface area contributed by atoms with Crippen LogP contribution in [0.1, 0.15) is 22.7 Å². The fourth-order valence-corrected chi connectivity index (χ4v) is 3.11. The predicted molar refractivity (Wildman–Crippen MR) is 79.9 cm³/mol. The largest absolute Gasteiger partial charge is 0.391 e. The molecule has 0 amide bonds. The van der Waals surface area contributed by atoms with E-state index in [0.29, 0.717) is 0 Å². The highest BCUT2D eigenvalue weighted by Gasteiger charge is 2.30.